The van der Waals surface area contributed by atoms with E-state index in [9.17, 15) is 0 Å². The molecule has 0 amide bonds. The summed E-state index contributed by atoms with van der Waals surface area (Å²) in [4.78, 5) is 9.75. The van der Waals surface area contributed by atoms with E-state index in [1.165, 1.54) is 16.7 Å². The van der Waals surface area contributed by atoms with Gasteiger partial charge < -0.3 is 15.5 Å². The second kappa shape index (κ2) is 10.5. The number of rotatable bonds is 7. The van der Waals surface area contributed by atoms with Gasteiger partial charge in [0.2, 0.25) is 0 Å². The van der Waals surface area contributed by atoms with Crippen LogP contribution in [0.25, 0.3) is 0 Å². The number of likely N-dealkylation sites (N-methyl/N-ethyl adjacent to an activating group) is 1. The lowest BCUT2D eigenvalue weighted by molar-refractivity contribution is 0.122. The number of aryl methyl sites for hydroxylation is 2. The quantitative estimate of drug-likeness (QED) is 0.578. The van der Waals surface area contributed by atoms with Crippen LogP contribution in [-0.2, 0) is 6.42 Å². The molecule has 1 aromatic rings. The molecular formula is C21H37N5. The molecule has 146 valence electrons. The second-order valence-corrected chi connectivity index (χ2v) is 7.58. The SMILES string of the molecule is CCNC(=NCC(C)N1CCN(C)CC1)NCCc1cc(C)cc(C)c1. The molecule has 1 heterocycles. The van der Waals surface area contributed by atoms with Crippen molar-refractivity contribution in [2.45, 2.75) is 40.2 Å². The summed E-state index contributed by atoms with van der Waals surface area (Å²) in [7, 11) is 2.20. The lowest BCUT2D eigenvalue weighted by Gasteiger charge is -2.35. The first-order chi connectivity index (χ1) is 12.5. The molecule has 0 saturated carbocycles. The number of aliphatic imine (C=N–C) groups is 1. The molecule has 1 fully saturated rings. The van der Waals surface area contributed by atoms with E-state index in [-0.39, 0.29) is 0 Å². The van der Waals surface area contributed by atoms with Crippen LogP contribution in [0, 0.1) is 13.8 Å². The van der Waals surface area contributed by atoms with Gasteiger partial charge in [-0.15, -0.1) is 0 Å². The number of guanidine groups is 1. The van der Waals surface area contributed by atoms with Crippen LogP contribution in [0.15, 0.2) is 23.2 Å². The van der Waals surface area contributed by atoms with Gasteiger partial charge in [0.25, 0.3) is 0 Å². The molecule has 1 aromatic carbocycles. The summed E-state index contributed by atoms with van der Waals surface area (Å²) in [6.07, 6.45) is 1.01. The molecule has 0 aliphatic carbocycles. The highest BCUT2D eigenvalue weighted by Crippen LogP contribution is 2.09. The minimum absolute atomic E-state index is 0.485. The number of benzene rings is 1. The van der Waals surface area contributed by atoms with Gasteiger partial charge in [-0.2, -0.15) is 0 Å². The van der Waals surface area contributed by atoms with Crippen LogP contribution in [0.5, 0.6) is 0 Å². The lowest BCUT2D eigenvalue weighted by atomic mass is 10.1. The Hall–Kier alpha value is -1.59. The summed E-state index contributed by atoms with van der Waals surface area (Å²) < 4.78 is 0. The zero-order valence-electron chi connectivity index (χ0n) is 17.3. The fourth-order valence-electron chi connectivity index (χ4n) is 3.48. The zero-order valence-corrected chi connectivity index (χ0v) is 17.3. The number of nitrogens with zero attached hydrogens (tertiary/aromatic N) is 3. The molecule has 1 unspecified atom stereocenters. The summed E-state index contributed by atoms with van der Waals surface area (Å²) in [5.74, 6) is 0.929. The fourth-order valence-corrected chi connectivity index (χ4v) is 3.48. The van der Waals surface area contributed by atoms with Gasteiger partial charge in [-0.3, -0.25) is 9.89 Å². The van der Waals surface area contributed by atoms with Gasteiger partial charge in [-0.25, -0.2) is 0 Å². The van der Waals surface area contributed by atoms with Crippen molar-refractivity contribution in [2.24, 2.45) is 4.99 Å². The van der Waals surface area contributed by atoms with Gasteiger partial charge in [0.05, 0.1) is 6.54 Å². The van der Waals surface area contributed by atoms with E-state index in [1.54, 1.807) is 0 Å². The molecule has 1 aliphatic heterocycles. The van der Waals surface area contributed by atoms with Crippen LogP contribution < -0.4 is 10.6 Å². The van der Waals surface area contributed by atoms with Crippen molar-refractivity contribution in [1.29, 1.82) is 0 Å². The third kappa shape index (κ3) is 6.96. The van der Waals surface area contributed by atoms with E-state index < -0.39 is 0 Å². The zero-order chi connectivity index (χ0) is 18.9. The summed E-state index contributed by atoms with van der Waals surface area (Å²) in [5.41, 5.74) is 4.06. The highest BCUT2D eigenvalue weighted by Gasteiger charge is 2.18. The summed E-state index contributed by atoms with van der Waals surface area (Å²) in [6.45, 7) is 15.9. The van der Waals surface area contributed by atoms with E-state index in [0.29, 0.717) is 6.04 Å². The molecule has 2 rings (SSSR count). The van der Waals surface area contributed by atoms with Crippen molar-refractivity contribution in [1.82, 2.24) is 20.4 Å². The first-order valence-corrected chi connectivity index (χ1v) is 10.00. The monoisotopic (exact) mass is 359 g/mol. The predicted molar refractivity (Wildman–Crippen MR) is 112 cm³/mol. The Bertz CT molecular complexity index is 556. The largest absolute Gasteiger partial charge is 0.357 e. The van der Waals surface area contributed by atoms with Crippen LogP contribution in [0.1, 0.15) is 30.5 Å². The van der Waals surface area contributed by atoms with Crippen molar-refractivity contribution in [3.05, 3.63) is 34.9 Å². The van der Waals surface area contributed by atoms with Gasteiger partial charge in [0.15, 0.2) is 5.96 Å². The molecule has 1 saturated heterocycles. The molecule has 26 heavy (non-hydrogen) atoms. The van der Waals surface area contributed by atoms with E-state index in [2.05, 4.69) is 73.4 Å². The molecule has 0 spiro atoms. The Labute approximate surface area is 159 Å². The van der Waals surface area contributed by atoms with Gasteiger partial charge in [0, 0.05) is 45.3 Å². The third-order valence-corrected chi connectivity index (χ3v) is 5.01. The molecule has 5 heteroatoms. The molecule has 1 aliphatic rings. The van der Waals surface area contributed by atoms with Crippen molar-refractivity contribution in [3.63, 3.8) is 0 Å². The molecule has 0 aromatic heterocycles. The molecule has 2 N–H and O–H groups in total. The van der Waals surface area contributed by atoms with Crippen molar-refractivity contribution >= 4 is 5.96 Å². The maximum atomic E-state index is 4.81. The van der Waals surface area contributed by atoms with E-state index in [0.717, 1.165) is 58.2 Å². The van der Waals surface area contributed by atoms with Crippen LogP contribution in [0.2, 0.25) is 0 Å². The summed E-state index contributed by atoms with van der Waals surface area (Å²) in [5, 5.41) is 6.85. The maximum absolute atomic E-state index is 4.81. The van der Waals surface area contributed by atoms with Crippen molar-refractivity contribution in [3.8, 4) is 0 Å². The second-order valence-electron chi connectivity index (χ2n) is 7.58. The van der Waals surface area contributed by atoms with Crippen molar-refractivity contribution < 1.29 is 0 Å². The minimum Gasteiger partial charge on any atom is -0.357 e. The van der Waals surface area contributed by atoms with Crippen LogP contribution >= 0.6 is 0 Å². The Morgan fingerprint density at radius 3 is 2.35 bits per heavy atom. The van der Waals surface area contributed by atoms with Crippen LogP contribution in [-0.4, -0.2) is 74.7 Å². The van der Waals surface area contributed by atoms with Crippen LogP contribution in [0.3, 0.4) is 0 Å². The number of nitrogens with one attached hydrogen (secondary N) is 2. The molecule has 5 nitrogen and oxygen atoms in total. The summed E-state index contributed by atoms with van der Waals surface area (Å²) in [6, 6.07) is 7.25. The fraction of sp³-hybridized carbons (Fsp3) is 0.667. The van der Waals surface area contributed by atoms with Gasteiger partial charge in [-0.1, -0.05) is 29.3 Å². The van der Waals surface area contributed by atoms with E-state index in [1.807, 2.05) is 0 Å². The summed E-state index contributed by atoms with van der Waals surface area (Å²) >= 11 is 0. The first kappa shape index (κ1) is 20.7. The smallest absolute Gasteiger partial charge is 0.191 e. The maximum Gasteiger partial charge on any atom is 0.191 e. The van der Waals surface area contributed by atoms with Gasteiger partial charge in [-0.05, 0) is 46.7 Å². The first-order valence-electron chi connectivity index (χ1n) is 10.00. The number of piperazine rings is 1. The topological polar surface area (TPSA) is 42.9 Å². The molecular weight excluding hydrogens is 322 g/mol. The molecule has 0 bridgehead atoms. The van der Waals surface area contributed by atoms with Gasteiger partial charge in [0.1, 0.15) is 0 Å². The highest BCUT2D eigenvalue weighted by molar-refractivity contribution is 5.79. The lowest BCUT2D eigenvalue weighted by Crippen LogP contribution is -2.49. The highest BCUT2D eigenvalue weighted by atomic mass is 15.3. The Morgan fingerprint density at radius 2 is 1.73 bits per heavy atom. The Kier molecular flexibility index (Phi) is 8.39. The van der Waals surface area contributed by atoms with E-state index in [4.69, 9.17) is 4.99 Å². The Balaban J connectivity index is 1.81. The average molecular weight is 360 g/mol. The molecule has 0 radical (unpaired) electrons. The van der Waals surface area contributed by atoms with Crippen LogP contribution in [0.4, 0.5) is 0 Å². The van der Waals surface area contributed by atoms with Gasteiger partial charge >= 0.3 is 0 Å². The third-order valence-electron chi connectivity index (χ3n) is 5.01. The predicted octanol–water partition coefficient (Wildman–Crippen LogP) is 2.04. The molecule has 1 atom stereocenters. The normalized spacial score (nSPS) is 18.0. The Morgan fingerprint density at radius 1 is 1.08 bits per heavy atom. The standard InChI is InChI=1S/C21H37N5/c1-6-22-21(23-8-7-20-14-17(2)13-18(3)15-20)24-16-19(4)26-11-9-25(5)10-12-26/h13-15,19H,6-12,16H2,1-5H3,(H2,22,23,24). The number of hydrogen-bond donors (Lipinski definition) is 2. The van der Waals surface area contributed by atoms with Crippen molar-refractivity contribution in [2.75, 3.05) is 52.9 Å². The minimum atomic E-state index is 0.485. The number of hydrogen-bond acceptors (Lipinski definition) is 3. The average Bonchev–Trinajstić information content (AvgIpc) is 2.59. The van der Waals surface area contributed by atoms with E-state index >= 15 is 0 Å².